The Morgan fingerprint density at radius 1 is 1.12 bits per heavy atom. The zero-order valence-corrected chi connectivity index (χ0v) is 11.6. The summed E-state index contributed by atoms with van der Waals surface area (Å²) in [7, 11) is 0. The van der Waals surface area contributed by atoms with Crippen LogP contribution in [0, 0.1) is 0 Å². The van der Waals surface area contributed by atoms with Crippen LogP contribution in [0.25, 0.3) is 0 Å². The summed E-state index contributed by atoms with van der Waals surface area (Å²) >= 11 is 5.44. The van der Waals surface area contributed by atoms with Crippen molar-refractivity contribution in [1.29, 1.82) is 0 Å². The minimum Gasteiger partial charge on any atom is -0.307 e. The van der Waals surface area contributed by atoms with Crippen molar-refractivity contribution in [2.75, 3.05) is 6.54 Å². The highest BCUT2D eigenvalue weighted by molar-refractivity contribution is 9.10. The standard InChI is InChI=1S/C14H12BrNS/c15-12-8-10(13-9-16-13)6-7-14(12)17-11-4-2-1-3-5-11/h1-8,13,16H,9H2. The van der Waals surface area contributed by atoms with Crippen LogP contribution in [0.1, 0.15) is 11.6 Å². The molecule has 0 saturated carbocycles. The van der Waals surface area contributed by atoms with Crippen LogP contribution in [-0.4, -0.2) is 6.54 Å². The van der Waals surface area contributed by atoms with Gasteiger partial charge in [-0.05, 0) is 45.8 Å². The van der Waals surface area contributed by atoms with Crippen molar-refractivity contribution in [2.24, 2.45) is 0 Å². The van der Waals surface area contributed by atoms with Gasteiger partial charge in [0, 0.05) is 26.9 Å². The van der Waals surface area contributed by atoms with Gasteiger partial charge in [-0.3, -0.25) is 0 Å². The van der Waals surface area contributed by atoms with Gasteiger partial charge in [0.1, 0.15) is 0 Å². The lowest BCUT2D eigenvalue weighted by molar-refractivity contribution is 1.07. The maximum Gasteiger partial charge on any atom is 0.0448 e. The minimum absolute atomic E-state index is 0.571. The molecule has 0 aliphatic carbocycles. The largest absolute Gasteiger partial charge is 0.307 e. The van der Waals surface area contributed by atoms with Gasteiger partial charge in [0.05, 0.1) is 0 Å². The van der Waals surface area contributed by atoms with E-state index in [0.29, 0.717) is 6.04 Å². The summed E-state index contributed by atoms with van der Waals surface area (Å²) in [5.41, 5.74) is 1.37. The highest BCUT2D eigenvalue weighted by Gasteiger charge is 2.22. The van der Waals surface area contributed by atoms with Crippen molar-refractivity contribution in [3.63, 3.8) is 0 Å². The minimum atomic E-state index is 0.571. The van der Waals surface area contributed by atoms with Gasteiger partial charge in [-0.25, -0.2) is 0 Å². The second-order valence-corrected chi connectivity index (χ2v) is 6.04. The van der Waals surface area contributed by atoms with Gasteiger partial charge < -0.3 is 5.32 Å². The summed E-state index contributed by atoms with van der Waals surface area (Å²) in [4.78, 5) is 2.53. The lowest BCUT2D eigenvalue weighted by Crippen LogP contribution is -1.85. The summed E-state index contributed by atoms with van der Waals surface area (Å²) in [6, 6.07) is 17.6. The highest BCUT2D eigenvalue weighted by Crippen LogP contribution is 2.35. The molecule has 2 aromatic rings. The summed E-state index contributed by atoms with van der Waals surface area (Å²) in [5, 5.41) is 3.32. The molecule has 1 aliphatic rings. The van der Waals surface area contributed by atoms with Gasteiger partial charge in [-0.1, -0.05) is 36.0 Å². The Balaban J connectivity index is 1.83. The molecule has 17 heavy (non-hydrogen) atoms. The van der Waals surface area contributed by atoms with Gasteiger partial charge in [0.15, 0.2) is 0 Å². The third kappa shape index (κ3) is 2.73. The number of rotatable bonds is 3. The molecule has 0 amide bonds. The van der Waals surface area contributed by atoms with Crippen molar-refractivity contribution in [3.8, 4) is 0 Å². The van der Waals surface area contributed by atoms with Gasteiger partial charge in [0.2, 0.25) is 0 Å². The molecule has 1 fully saturated rings. The maximum atomic E-state index is 3.65. The molecule has 1 aliphatic heterocycles. The first-order chi connectivity index (χ1) is 8.33. The van der Waals surface area contributed by atoms with E-state index >= 15 is 0 Å². The fraction of sp³-hybridized carbons (Fsp3) is 0.143. The first kappa shape index (κ1) is 11.3. The Hall–Kier alpha value is -0.770. The predicted molar refractivity (Wildman–Crippen MR) is 75.5 cm³/mol. The van der Waals surface area contributed by atoms with Crippen LogP contribution in [0.3, 0.4) is 0 Å². The Bertz CT molecular complexity index is 523. The fourth-order valence-corrected chi connectivity index (χ4v) is 3.21. The zero-order valence-electron chi connectivity index (χ0n) is 9.19. The lowest BCUT2D eigenvalue weighted by atomic mass is 10.2. The summed E-state index contributed by atoms with van der Waals surface area (Å²) < 4.78 is 1.18. The molecular weight excluding hydrogens is 294 g/mol. The number of halogens is 1. The van der Waals surface area contributed by atoms with Gasteiger partial charge >= 0.3 is 0 Å². The first-order valence-corrected chi connectivity index (χ1v) is 7.19. The lowest BCUT2D eigenvalue weighted by Gasteiger charge is -2.06. The zero-order chi connectivity index (χ0) is 11.7. The second kappa shape index (κ2) is 4.84. The van der Waals surface area contributed by atoms with Crippen molar-refractivity contribution >= 4 is 27.7 Å². The average Bonchev–Trinajstić information content (AvgIpc) is 3.17. The smallest absolute Gasteiger partial charge is 0.0448 e. The maximum absolute atomic E-state index is 3.65. The van der Waals surface area contributed by atoms with Gasteiger partial charge in [0.25, 0.3) is 0 Å². The van der Waals surface area contributed by atoms with E-state index in [1.165, 1.54) is 19.8 Å². The molecule has 1 heterocycles. The van der Waals surface area contributed by atoms with Crippen LogP contribution in [0.15, 0.2) is 62.8 Å². The number of nitrogens with one attached hydrogen (secondary N) is 1. The van der Waals surface area contributed by atoms with E-state index in [0.717, 1.165) is 6.54 Å². The van der Waals surface area contributed by atoms with Gasteiger partial charge in [-0.15, -0.1) is 0 Å². The molecule has 0 bridgehead atoms. The highest BCUT2D eigenvalue weighted by atomic mass is 79.9. The first-order valence-electron chi connectivity index (χ1n) is 5.59. The summed E-state index contributed by atoms with van der Waals surface area (Å²) in [6.07, 6.45) is 0. The Labute approximate surface area is 114 Å². The molecule has 2 aromatic carbocycles. The number of hydrogen-bond acceptors (Lipinski definition) is 2. The molecular formula is C14H12BrNS. The molecule has 3 rings (SSSR count). The molecule has 0 aromatic heterocycles. The SMILES string of the molecule is Brc1cc(C2CN2)ccc1Sc1ccccc1. The predicted octanol–water partition coefficient (Wildman–Crippen LogP) is 4.24. The van der Waals surface area contributed by atoms with Crippen LogP contribution in [0.2, 0.25) is 0 Å². The van der Waals surface area contributed by atoms with Crippen molar-refractivity contribution in [1.82, 2.24) is 5.32 Å². The molecule has 3 heteroatoms. The normalized spacial score (nSPS) is 18.1. The third-order valence-electron chi connectivity index (χ3n) is 2.74. The molecule has 86 valence electrons. The molecule has 1 saturated heterocycles. The molecule has 1 N–H and O–H groups in total. The average molecular weight is 306 g/mol. The van der Waals surface area contributed by atoms with Gasteiger partial charge in [-0.2, -0.15) is 0 Å². The quantitative estimate of drug-likeness (QED) is 0.857. The van der Waals surface area contributed by atoms with Crippen LogP contribution in [0.5, 0.6) is 0 Å². The topological polar surface area (TPSA) is 21.9 Å². The van der Waals surface area contributed by atoms with E-state index in [1.807, 2.05) is 6.07 Å². The van der Waals surface area contributed by atoms with Crippen molar-refractivity contribution < 1.29 is 0 Å². The van der Waals surface area contributed by atoms with Crippen LogP contribution in [-0.2, 0) is 0 Å². The van der Waals surface area contributed by atoms with E-state index in [9.17, 15) is 0 Å². The van der Waals surface area contributed by atoms with E-state index in [1.54, 1.807) is 11.8 Å². The molecule has 1 nitrogen and oxygen atoms in total. The van der Waals surface area contributed by atoms with Crippen molar-refractivity contribution in [3.05, 3.63) is 58.6 Å². The second-order valence-electron chi connectivity index (χ2n) is 4.07. The molecule has 1 atom stereocenters. The third-order valence-corrected chi connectivity index (χ3v) is 4.74. The van der Waals surface area contributed by atoms with Crippen LogP contribution < -0.4 is 5.32 Å². The van der Waals surface area contributed by atoms with Crippen molar-refractivity contribution in [2.45, 2.75) is 15.8 Å². The van der Waals surface area contributed by atoms with E-state index in [-0.39, 0.29) is 0 Å². The monoisotopic (exact) mass is 305 g/mol. The Morgan fingerprint density at radius 3 is 2.53 bits per heavy atom. The fourth-order valence-electron chi connectivity index (χ4n) is 1.73. The summed E-state index contributed by atoms with van der Waals surface area (Å²) in [6.45, 7) is 1.11. The van der Waals surface area contributed by atoms with E-state index < -0.39 is 0 Å². The summed E-state index contributed by atoms with van der Waals surface area (Å²) in [5.74, 6) is 0. The Morgan fingerprint density at radius 2 is 1.88 bits per heavy atom. The van der Waals surface area contributed by atoms with Crippen LogP contribution in [0.4, 0.5) is 0 Å². The van der Waals surface area contributed by atoms with E-state index in [4.69, 9.17) is 0 Å². The van der Waals surface area contributed by atoms with Crippen LogP contribution >= 0.6 is 27.7 Å². The molecule has 0 spiro atoms. The number of benzene rings is 2. The van der Waals surface area contributed by atoms with E-state index in [2.05, 4.69) is 63.7 Å². The Kier molecular flexibility index (Phi) is 3.23. The molecule has 0 radical (unpaired) electrons. The number of hydrogen-bond donors (Lipinski definition) is 1. The molecule has 1 unspecified atom stereocenters.